The van der Waals surface area contributed by atoms with Crippen LogP contribution in [0.3, 0.4) is 0 Å². The molecule has 3 rings (SSSR count). The summed E-state index contributed by atoms with van der Waals surface area (Å²) in [4.78, 5) is 18.1. The first-order valence-electron chi connectivity index (χ1n) is 7.87. The highest BCUT2D eigenvalue weighted by molar-refractivity contribution is 7.98. The van der Waals surface area contributed by atoms with Gasteiger partial charge in [0.1, 0.15) is 0 Å². The van der Waals surface area contributed by atoms with E-state index in [9.17, 15) is 4.79 Å². The lowest BCUT2D eigenvalue weighted by atomic mass is 10.1. The molecule has 0 saturated carbocycles. The summed E-state index contributed by atoms with van der Waals surface area (Å²) in [5, 5.41) is 9.64. The van der Waals surface area contributed by atoms with Gasteiger partial charge in [-0.2, -0.15) is 0 Å². The molecule has 23 heavy (non-hydrogen) atoms. The lowest BCUT2D eigenvalue weighted by Gasteiger charge is -2.24. The van der Waals surface area contributed by atoms with E-state index >= 15 is 0 Å². The maximum Gasteiger partial charge on any atom is 0.252 e. The minimum Gasteiger partial charge on any atom is -0.348 e. The minimum absolute atomic E-state index is 0.0243. The average molecular weight is 348 g/mol. The van der Waals surface area contributed by atoms with E-state index in [1.807, 2.05) is 31.2 Å². The number of carbonyl (C=O) groups is 1. The van der Waals surface area contributed by atoms with Gasteiger partial charge in [0.15, 0.2) is 0 Å². The van der Waals surface area contributed by atoms with Gasteiger partial charge in [0.25, 0.3) is 5.91 Å². The molecule has 1 aliphatic rings. The van der Waals surface area contributed by atoms with Crippen LogP contribution in [0.4, 0.5) is 0 Å². The van der Waals surface area contributed by atoms with Crippen LogP contribution in [-0.2, 0) is 5.75 Å². The molecule has 1 fully saturated rings. The Morgan fingerprint density at radius 1 is 1.48 bits per heavy atom. The quantitative estimate of drug-likeness (QED) is 0.816. The van der Waals surface area contributed by atoms with Gasteiger partial charge in [-0.1, -0.05) is 12.1 Å². The van der Waals surface area contributed by atoms with Crippen LogP contribution in [0.1, 0.15) is 33.9 Å². The van der Waals surface area contributed by atoms with Gasteiger partial charge in [-0.3, -0.25) is 4.79 Å². The number of nitrogens with one attached hydrogen (secondary N) is 2. The van der Waals surface area contributed by atoms with Gasteiger partial charge in [-0.25, -0.2) is 4.98 Å². The first-order valence-corrected chi connectivity index (χ1v) is 9.73. The minimum atomic E-state index is 0.0243. The molecule has 0 aliphatic carbocycles. The van der Waals surface area contributed by atoms with Gasteiger partial charge in [0.2, 0.25) is 0 Å². The summed E-state index contributed by atoms with van der Waals surface area (Å²) in [6.07, 6.45) is 2.16. The fourth-order valence-corrected chi connectivity index (χ4v) is 4.30. The first kappa shape index (κ1) is 16.5. The third-order valence-corrected chi connectivity index (χ3v) is 5.74. The van der Waals surface area contributed by atoms with E-state index in [-0.39, 0.29) is 11.9 Å². The third-order valence-electron chi connectivity index (χ3n) is 3.81. The molecule has 0 spiro atoms. The van der Waals surface area contributed by atoms with Crippen LogP contribution in [0, 0.1) is 6.92 Å². The van der Waals surface area contributed by atoms with Crippen molar-refractivity contribution in [1.29, 1.82) is 0 Å². The maximum atomic E-state index is 12.6. The molecular formula is C17H21N3OS2. The third kappa shape index (κ3) is 4.56. The molecule has 2 heterocycles. The summed E-state index contributed by atoms with van der Waals surface area (Å²) in [6.45, 7) is 3.92. The monoisotopic (exact) mass is 347 g/mol. The number of carbonyl (C=O) groups excluding carboxylic acids is 1. The van der Waals surface area contributed by atoms with Crippen LogP contribution < -0.4 is 10.6 Å². The van der Waals surface area contributed by atoms with Crippen molar-refractivity contribution < 1.29 is 4.79 Å². The smallest absolute Gasteiger partial charge is 0.252 e. The Labute approximate surface area is 145 Å². The standard InChI is InChI=1S/C17H21N3OS2/c1-12-19-14(10-22-12)11-23-16-7-3-2-6-15(16)17(21)20-13-5-4-8-18-9-13/h2-3,6-7,10,13,18H,4-5,8-9,11H2,1H3,(H,20,21). The summed E-state index contributed by atoms with van der Waals surface area (Å²) in [6, 6.07) is 8.05. The molecule has 1 saturated heterocycles. The summed E-state index contributed by atoms with van der Waals surface area (Å²) in [5.74, 6) is 0.816. The number of aryl methyl sites for hydroxylation is 1. The lowest BCUT2D eigenvalue weighted by Crippen LogP contribution is -2.45. The van der Waals surface area contributed by atoms with Crippen LogP contribution in [0.5, 0.6) is 0 Å². The second kappa shape index (κ2) is 7.95. The van der Waals surface area contributed by atoms with Crippen molar-refractivity contribution in [2.24, 2.45) is 0 Å². The van der Waals surface area contributed by atoms with Gasteiger partial charge in [0.05, 0.1) is 16.3 Å². The second-order valence-corrected chi connectivity index (χ2v) is 7.74. The van der Waals surface area contributed by atoms with Crippen molar-refractivity contribution in [1.82, 2.24) is 15.6 Å². The largest absolute Gasteiger partial charge is 0.348 e. The number of thiazole rings is 1. The molecule has 6 heteroatoms. The number of hydrogen-bond donors (Lipinski definition) is 2. The summed E-state index contributed by atoms with van der Waals surface area (Å²) in [5.41, 5.74) is 1.83. The predicted octanol–water partition coefficient (Wildman–Crippen LogP) is 3.23. The zero-order valence-corrected chi connectivity index (χ0v) is 14.8. The molecule has 1 aromatic heterocycles. The number of hydrogen-bond acceptors (Lipinski definition) is 5. The number of aromatic nitrogens is 1. The van der Waals surface area contributed by atoms with E-state index in [2.05, 4.69) is 21.0 Å². The Bertz CT molecular complexity index is 665. The summed E-state index contributed by atoms with van der Waals surface area (Å²) >= 11 is 3.33. The molecule has 2 aromatic rings. The molecule has 122 valence electrons. The maximum absolute atomic E-state index is 12.6. The molecular weight excluding hydrogens is 326 g/mol. The molecule has 0 radical (unpaired) electrons. The number of thioether (sulfide) groups is 1. The van der Waals surface area contributed by atoms with Crippen molar-refractivity contribution in [3.8, 4) is 0 Å². The highest BCUT2D eigenvalue weighted by Crippen LogP contribution is 2.27. The van der Waals surface area contributed by atoms with Crippen LogP contribution in [-0.4, -0.2) is 30.0 Å². The van der Waals surface area contributed by atoms with Crippen LogP contribution in [0.25, 0.3) is 0 Å². The van der Waals surface area contributed by atoms with Gasteiger partial charge in [-0.15, -0.1) is 23.1 Å². The zero-order chi connectivity index (χ0) is 16.1. The van der Waals surface area contributed by atoms with E-state index < -0.39 is 0 Å². The van der Waals surface area contributed by atoms with Crippen LogP contribution in [0.2, 0.25) is 0 Å². The SMILES string of the molecule is Cc1nc(CSc2ccccc2C(=O)NC2CCCNC2)cs1. The summed E-state index contributed by atoms with van der Waals surface area (Å²) in [7, 11) is 0. The van der Waals surface area contributed by atoms with E-state index in [4.69, 9.17) is 0 Å². The fourth-order valence-electron chi connectivity index (χ4n) is 2.64. The average Bonchev–Trinajstić information content (AvgIpc) is 2.99. The number of nitrogens with zero attached hydrogens (tertiary/aromatic N) is 1. The van der Waals surface area contributed by atoms with Crippen molar-refractivity contribution in [2.45, 2.75) is 36.5 Å². The van der Waals surface area contributed by atoms with Crippen LogP contribution >= 0.6 is 23.1 Å². The Hall–Kier alpha value is -1.37. The Balaban J connectivity index is 1.65. The van der Waals surface area contributed by atoms with Crippen molar-refractivity contribution in [2.75, 3.05) is 13.1 Å². The number of benzene rings is 1. The van der Waals surface area contributed by atoms with E-state index in [1.165, 1.54) is 0 Å². The molecule has 0 bridgehead atoms. The van der Waals surface area contributed by atoms with Crippen LogP contribution in [0.15, 0.2) is 34.5 Å². The van der Waals surface area contributed by atoms with Gasteiger partial charge in [-0.05, 0) is 38.4 Å². The summed E-state index contributed by atoms with van der Waals surface area (Å²) < 4.78 is 0. The van der Waals surface area contributed by atoms with Gasteiger partial charge in [0, 0.05) is 28.6 Å². The molecule has 1 unspecified atom stereocenters. The van der Waals surface area contributed by atoms with E-state index in [0.717, 1.165) is 52.8 Å². The molecule has 1 aliphatic heterocycles. The van der Waals surface area contributed by atoms with Crippen molar-refractivity contribution >= 4 is 29.0 Å². The van der Waals surface area contributed by atoms with E-state index in [0.29, 0.717) is 0 Å². The topological polar surface area (TPSA) is 54.0 Å². The lowest BCUT2D eigenvalue weighted by molar-refractivity contribution is 0.0927. The Morgan fingerprint density at radius 3 is 3.09 bits per heavy atom. The highest BCUT2D eigenvalue weighted by atomic mass is 32.2. The number of rotatable bonds is 5. The fraction of sp³-hybridized carbons (Fsp3) is 0.412. The predicted molar refractivity (Wildman–Crippen MR) is 96.2 cm³/mol. The first-order chi connectivity index (χ1) is 11.2. The normalized spacial score (nSPS) is 17.9. The number of piperidine rings is 1. The second-order valence-electron chi connectivity index (χ2n) is 5.66. The van der Waals surface area contributed by atoms with E-state index in [1.54, 1.807) is 23.1 Å². The van der Waals surface area contributed by atoms with Gasteiger partial charge >= 0.3 is 0 Å². The number of amides is 1. The zero-order valence-electron chi connectivity index (χ0n) is 13.2. The Morgan fingerprint density at radius 2 is 2.35 bits per heavy atom. The highest BCUT2D eigenvalue weighted by Gasteiger charge is 2.18. The molecule has 4 nitrogen and oxygen atoms in total. The molecule has 1 amide bonds. The van der Waals surface area contributed by atoms with Gasteiger partial charge < -0.3 is 10.6 Å². The molecule has 2 N–H and O–H groups in total. The molecule has 1 aromatic carbocycles. The van der Waals surface area contributed by atoms with Crippen molar-refractivity contribution in [3.05, 3.63) is 45.9 Å². The van der Waals surface area contributed by atoms with Crippen molar-refractivity contribution in [3.63, 3.8) is 0 Å². The molecule has 1 atom stereocenters. The Kier molecular flexibility index (Phi) is 5.70.